The quantitative estimate of drug-likeness (QED) is 0.387. The summed E-state index contributed by atoms with van der Waals surface area (Å²) in [5.74, 6) is 1.64. The van der Waals surface area contributed by atoms with Gasteiger partial charge in [-0.25, -0.2) is 0 Å². The van der Waals surface area contributed by atoms with Gasteiger partial charge in [-0.05, 0) is 42.5 Å². The van der Waals surface area contributed by atoms with E-state index < -0.39 is 0 Å². The Morgan fingerprint density at radius 1 is 1.58 bits per heavy atom. The van der Waals surface area contributed by atoms with E-state index in [0.717, 1.165) is 44.9 Å². The van der Waals surface area contributed by atoms with E-state index in [0.29, 0.717) is 18.3 Å². The molecule has 0 radical (unpaired) electrons. The fraction of sp³-hybridized carbons (Fsp3) is 0.647. The molecule has 2 unspecified atom stereocenters. The molecule has 0 bridgehead atoms. The highest BCUT2D eigenvalue weighted by molar-refractivity contribution is 14.0. The van der Waals surface area contributed by atoms with Gasteiger partial charge in [0.2, 0.25) is 5.91 Å². The number of halogens is 1. The zero-order valence-electron chi connectivity index (χ0n) is 14.5. The molecule has 1 aliphatic heterocycles. The Balaban J connectivity index is 0.00000288. The van der Waals surface area contributed by atoms with Crippen LogP contribution in [0.3, 0.4) is 0 Å². The first-order chi connectivity index (χ1) is 11.1. The first kappa shape index (κ1) is 21.2. The van der Waals surface area contributed by atoms with Crippen LogP contribution in [0, 0.1) is 11.8 Å². The monoisotopic (exact) mass is 464 g/mol. The second-order valence-corrected chi connectivity index (χ2v) is 7.47. The molecule has 1 aliphatic rings. The van der Waals surface area contributed by atoms with Gasteiger partial charge in [-0.2, -0.15) is 0 Å². The van der Waals surface area contributed by atoms with Gasteiger partial charge >= 0.3 is 0 Å². The van der Waals surface area contributed by atoms with Crippen LogP contribution in [0.5, 0.6) is 0 Å². The van der Waals surface area contributed by atoms with Crippen LogP contribution >= 0.6 is 35.3 Å². The molecule has 1 aromatic rings. The second kappa shape index (κ2) is 10.9. The largest absolute Gasteiger partial charge is 0.370 e. The number of likely N-dealkylation sites (tertiary alicyclic amines) is 1. The van der Waals surface area contributed by atoms with Gasteiger partial charge in [-0.3, -0.25) is 9.79 Å². The summed E-state index contributed by atoms with van der Waals surface area (Å²) in [5, 5.41) is 5.62. The lowest BCUT2D eigenvalue weighted by molar-refractivity contribution is -0.119. The lowest BCUT2D eigenvalue weighted by atomic mass is 9.95. The van der Waals surface area contributed by atoms with E-state index in [1.807, 2.05) is 18.4 Å². The smallest absolute Gasteiger partial charge is 0.217 e. The highest BCUT2D eigenvalue weighted by Crippen LogP contribution is 2.19. The van der Waals surface area contributed by atoms with Crippen LogP contribution in [0.15, 0.2) is 22.5 Å². The number of thiophene rings is 1. The summed E-state index contributed by atoms with van der Waals surface area (Å²) in [6, 6.07) is 4.29. The molecule has 24 heavy (non-hydrogen) atoms. The molecule has 0 spiro atoms. The number of carbonyl (C=O) groups excluding carboxylic acids is 1. The normalized spacial score (nSPS) is 19.5. The fourth-order valence-corrected chi connectivity index (χ4v) is 4.02. The molecule has 3 N–H and O–H groups in total. The molecule has 0 aliphatic carbocycles. The number of aliphatic imine (C=N–C) groups is 1. The Bertz CT molecular complexity index is 521. The van der Waals surface area contributed by atoms with E-state index in [4.69, 9.17) is 5.73 Å². The lowest BCUT2D eigenvalue weighted by Crippen LogP contribution is -2.48. The summed E-state index contributed by atoms with van der Waals surface area (Å²) >= 11 is 1.81. The minimum absolute atomic E-state index is 0. The third-order valence-electron chi connectivity index (χ3n) is 4.26. The Labute approximate surface area is 166 Å². The topological polar surface area (TPSA) is 70.7 Å². The first-order valence-corrected chi connectivity index (χ1v) is 9.22. The number of carbonyl (C=O) groups is 1. The van der Waals surface area contributed by atoms with Crippen molar-refractivity contribution in [3.8, 4) is 0 Å². The number of nitrogens with zero attached hydrogens (tertiary/aromatic N) is 2. The molecule has 0 saturated carbocycles. The minimum Gasteiger partial charge on any atom is -0.370 e. The van der Waals surface area contributed by atoms with Crippen LogP contribution < -0.4 is 11.1 Å². The van der Waals surface area contributed by atoms with Gasteiger partial charge in [0.1, 0.15) is 0 Å². The summed E-state index contributed by atoms with van der Waals surface area (Å²) in [5.41, 5.74) is 5.34. The first-order valence-electron chi connectivity index (χ1n) is 8.34. The van der Waals surface area contributed by atoms with Crippen LogP contribution in [0.1, 0.15) is 31.1 Å². The van der Waals surface area contributed by atoms with Gasteiger partial charge in [-0.15, -0.1) is 35.3 Å². The molecule has 1 aromatic heterocycles. The van der Waals surface area contributed by atoms with Crippen molar-refractivity contribution in [2.24, 2.45) is 22.6 Å². The number of primary amides is 1. The number of amides is 1. The van der Waals surface area contributed by atoms with Crippen LogP contribution in [-0.2, 0) is 11.2 Å². The fourth-order valence-electron chi connectivity index (χ4n) is 3.15. The maximum atomic E-state index is 11.1. The van der Waals surface area contributed by atoms with E-state index in [-0.39, 0.29) is 29.9 Å². The Morgan fingerprint density at radius 2 is 2.38 bits per heavy atom. The summed E-state index contributed by atoms with van der Waals surface area (Å²) in [4.78, 5) is 19.2. The minimum atomic E-state index is -0.204. The van der Waals surface area contributed by atoms with Crippen LogP contribution in [0.2, 0.25) is 0 Å². The number of nitrogens with one attached hydrogen (secondary N) is 1. The van der Waals surface area contributed by atoms with Crippen LogP contribution in [0.4, 0.5) is 0 Å². The third kappa shape index (κ3) is 6.96. The van der Waals surface area contributed by atoms with Gasteiger partial charge in [0.05, 0.1) is 0 Å². The SMILES string of the molecule is CN=C(NCC(C)Cc1cccs1)N1CCCC(CC(N)=O)C1.I. The van der Waals surface area contributed by atoms with Crippen molar-refractivity contribution in [3.05, 3.63) is 22.4 Å². The maximum Gasteiger partial charge on any atom is 0.217 e. The number of hydrogen-bond acceptors (Lipinski definition) is 3. The molecule has 7 heteroatoms. The number of hydrogen-bond donors (Lipinski definition) is 2. The molecule has 1 saturated heterocycles. The molecule has 2 heterocycles. The van der Waals surface area contributed by atoms with Crippen molar-refractivity contribution in [2.75, 3.05) is 26.7 Å². The van der Waals surface area contributed by atoms with E-state index >= 15 is 0 Å². The molecular weight excluding hydrogens is 435 g/mol. The van der Waals surface area contributed by atoms with Gasteiger partial charge in [0, 0.05) is 38.0 Å². The summed E-state index contributed by atoms with van der Waals surface area (Å²) < 4.78 is 0. The summed E-state index contributed by atoms with van der Waals surface area (Å²) in [7, 11) is 1.82. The molecule has 136 valence electrons. The lowest BCUT2D eigenvalue weighted by Gasteiger charge is -2.35. The molecular formula is C17H29IN4OS. The Kier molecular flexibility index (Phi) is 9.65. The number of piperidine rings is 1. The molecule has 5 nitrogen and oxygen atoms in total. The number of nitrogens with two attached hydrogens (primary N) is 1. The average Bonchev–Trinajstić information content (AvgIpc) is 3.00. The van der Waals surface area contributed by atoms with Gasteiger partial charge in [-0.1, -0.05) is 13.0 Å². The summed E-state index contributed by atoms with van der Waals surface area (Å²) in [6.45, 7) is 5.02. The van der Waals surface area contributed by atoms with Crippen molar-refractivity contribution in [2.45, 2.75) is 32.6 Å². The van der Waals surface area contributed by atoms with Crippen molar-refractivity contribution in [3.63, 3.8) is 0 Å². The molecule has 1 fully saturated rings. The van der Waals surface area contributed by atoms with E-state index in [2.05, 4.69) is 39.6 Å². The van der Waals surface area contributed by atoms with Crippen molar-refractivity contribution >= 4 is 47.2 Å². The zero-order chi connectivity index (χ0) is 16.7. The van der Waals surface area contributed by atoms with Crippen LogP contribution in [-0.4, -0.2) is 43.4 Å². The highest BCUT2D eigenvalue weighted by Gasteiger charge is 2.23. The molecule has 2 rings (SSSR count). The summed E-state index contributed by atoms with van der Waals surface area (Å²) in [6.07, 6.45) is 3.73. The van der Waals surface area contributed by atoms with Crippen molar-refractivity contribution in [1.29, 1.82) is 0 Å². The van der Waals surface area contributed by atoms with Gasteiger partial charge in [0.25, 0.3) is 0 Å². The Hall–Kier alpha value is -0.830. The highest BCUT2D eigenvalue weighted by atomic mass is 127. The average molecular weight is 464 g/mol. The van der Waals surface area contributed by atoms with E-state index in [1.54, 1.807) is 0 Å². The zero-order valence-corrected chi connectivity index (χ0v) is 17.7. The number of guanidine groups is 1. The molecule has 1 amide bonds. The predicted molar refractivity (Wildman–Crippen MR) is 112 cm³/mol. The van der Waals surface area contributed by atoms with Crippen molar-refractivity contribution in [1.82, 2.24) is 10.2 Å². The number of rotatable bonds is 6. The van der Waals surface area contributed by atoms with Gasteiger partial charge < -0.3 is 16.0 Å². The predicted octanol–water partition coefficient (Wildman–Crippen LogP) is 2.71. The van der Waals surface area contributed by atoms with Crippen LogP contribution in [0.25, 0.3) is 0 Å². The second-order valence-electron chi connectivity index (χ2n) is 6.44. The third-order valence-corrected chi connectivity index (χ3v) is 5.16. The van der Waals surface area contributed by atoms with E-state index in [9.17, 15) is 4.79 Å². The molecule has 0 aromatic carbocycles. The maximum absolute atomic E-state index is 11.1. The van der Waals surface area contributed by atoms with E-state index in [1.165, 1.54) is 4.88 Å². The standard InChI is InChI=1S/C17H28N4OS.HI/c1-13(9-15-6-4-8-23-15)11-20-17(19-2)21-7-3-5-14(12-21)10-16(18)22;/h4,6,8,13-14H,3,5,7,9-12H2,1-2H3,(H2,18,22)(H,19,20);1H. The Morgan fingerprint density at radius 3 is 3.00 bits per heavy atom. The van der Waals surface area contributed by atoms with Gasteiger partial charge in [0.15, 0.2) is 5.96 Å². The molecule has 2 atom stereocenters. The van der Waals surface area contributed by atoms with Crippen molar-refractivity contribution < 1.29 is 4.79 Å².